The van der Waals surface area contributed by atoms with Gasteiger partial charge in [-0.15, -0.1) is 0 Å². The normalized spacial score (nSPS) is 12.5. The van der Waals surface area contributed by atoms with Crippen LogP contribution in [-0.2, 0) is 16.0 Å². The molecular weight excluding hydrogens is 284 g/mol. The van der Waals surface area contributed by atoms with Crippen LogP contribution in [0.4, 0.5) is 8.78 Å². The van der Waals surface area contributed by atoms with Crippen molar-refractivity contribution in [3.63, 3.8) is 0 Å². The van der Waals surface area contributed by atoms with Crippen LogP contribution >= 0.6 is 0 Å². The largest absolute Gasteiger partial charge is 0.481 e. The molecule has 1 rings (SSSR count). The van der Waals surface area contributed by atoms with Crippen LogP contribution < -0.4 is 5.32 Å². The number of carbonyl (C=O) groups is 2. The molecule has 0 radical (unpaired) electrons. The van der Waals surface area contributed by atoms with Crippen LogP contribution in [0.25, 0.3) is 0 Å². The predicted molar refractivity (Wildman–Crippen MR) is 71.1 cm³/mol. The van der Waals surface area contributed by atoms with E-state index in [1.807, 2.05) is 0 Å². The van der Waals surface area contributed by atoms with Gasteiger partial charge in [0.2, 0.25) is 5.91 Å². The topological polar surface area (TPSA) is 84.2 Å². The quantitative estimate of drug-likeness (QED) is 0.804. The van der Waals surface area contributed by atoms with Gasteiger partial charge in [-0.3, -0.25) is 9.59 Å². The summed E-state index contributed by atoms with van der Waals surface area (Å²) in [7, 11) is 0. The second-order valence-electron chi connectivity index (χ2n) is 4.95. The first kappa shape index (κ1) is 17.1. The van der Waals surface area contributed by atoms with Crippen molar-refractivity contribution in [2.75, 3.05) is 0 Å². The third-order valence-corrected chi connectivity index (χ3v) is 3.20. The van der Waals surface area contributed by atoms with Gasteiger partial charge in [0.25, 0.3) is 0 Å². The second-order valence-corrected chi connectivity index (χ2v) is 4.95. The average molecular weight is 303 g/mol. The molecule has 1 atom stereocenters. The first-order valence-corrected chi connectivity index (χ1v) is 6.56. The van der Waals surface area contributed by atoms with Crippen LogP contribution in [-0.4, -0.2) is 32.8 Å². The number of aliphatic carboxylic acids is 1. The smallest absolute Gasteiger partial charge is 0.333 e. The summed E-state index contributed by atoms with van der Waals surface area (Å²) < 4.78 is 26.0. The second kappa shape index (κ2) is 7.14. The molecule has 118 valence electrons. The monoisotopic (exact) mass is 303 g/mol. The lowest BCUT2D eigenvalue weighted by Crippen LogP contribution is -2.34. The zero-order chi connectivity index (χ0) is 16.2. The van der Waals surface area contributed by atoms with Gasteiger partial charge in [0.05, 0.1) is 12.1 Å². The summed E-state index contributed by atoms with van der Waals surface area (Å²) in [4.78, 5) is 22.3. The van der Waals surface area contributed by atoms with Crippen molar-refractivity contribution in [2.45, 2.75) is 52.6 Å². The van der Waals surface area contributed by atoms with Gasteiger partial charge in [0.1, 0.15) is 0 Å². The number of carbonyl (C=O) groups excluding carboxylic acids is 1. The first-order valence-electron chi connectivity index (χ1n) is 6.56. The molecule has 6 nitrogen and oxygen atoms in total. The Morgan fingerprint density at radius 1 is 1.38 bits per heavy atom. The number of halogens is 2. The molecule has 2 N–H and O–H groups in total. The summed E-state index contributed by atoms with van der Waals surface area (Å²) >= 11 is 0. The highest BCUT2D eigenvalue weighted by molar-refractivity contribution is 5.79. The van der Waals surface area contributed by atoms with E-state index in [0.29, 0.717) is 22.4 Å². The molecule has 0 aromatic carbocycles. The minimum atomic E-state index is -2.74. The Morgan fingerprint density at radius 2 is 2.00 bits per heavy atom. The van der Waals surface area contributed by atoms with Crippen LogP contribution in [0.2, 0.25) is 0 Å². The van der Waals surface area contributed by atoms with Gasteiger partial charge in [-0.25, -0.2) is 4.68 Å². The summed E-state index contributed by atoms with van der Waals surface area (Å²) in [6, 6.07) is -0.292. The van der Waals surface area contributed by atoms with Crippen LogP contribution in [0, 0.1) is 13.8 Å². The fourth-order valence-electron chi connectivity index (χ4n) is 2.04. The molecule has 0 aliphatic carbocycles. The van der Waals surface area contributed by atoms with Gasteiger partial charge in [0.15, 0.2) is 0 Å². The lowest BCUT2D eigenvalue weighted by atomic mass is 10.1. The minimum Gasteiger partial charge on any atom is -0.481 e. The molecule has 0 fully saturated rings. The van der Waals surface area contributed by atoms with Crippen molar-refractivity contribution >= 4 is 11.9 Å². The number of carboxylic acid groups (broad SMARTS) is 1. The van der Waals surface area contributed by atoms with Crippen molar-refractivity contribution in [3.05, 3.63) is 17.0 Å². The Morgan fingerprint density at radius 3 is 2.48 bits per heavy atom. The molecule has 1 heterocycles. The fourth-order valence-corrected chi connectivity index (χ4v) is 2.04. The first-order chi connectivity index (χ1) is 9.72. The number of alkyl halides is 2. The molecule has 0 aliphatic rings. The third kappa shape index (κ3) is 4.80. The molecule has 1 aromatic rings. The number of nitrogens with one attached hydrogen (secondary N) is 1. The van der Waals surface area contributed by atoms with Gasteiger partial charge in [-0.2, -0.15) is 13.9 Å². The molecule has 0 spiro atoms. The Labute approximate surface area is 121 Å². The van der Waals surface area contributed by atoms with Gasteiger partial charge < -0.3 is 10.4 Å². The summed E-state index contributed by atoms with van der Waals surface area (Å²) in [6.07, 6.45) is 0.222. The summed E-state index contributed by atoms with van der Waals surface area (Å²) in [5.74, 6) is -1.27. The zero-order valence-corrected chi connectivity index (χ0v) is 12.2. The van der Waals surface area contributed by atoms with Gasteiger partial charge in [-0.05, 0) is 27.2 Å². The Bertz CT molecular complexity index is 529. The molecule has 0 aliphatic heterocycles. The number of nitrogens with zero attached hydrogens (tertiary/aromatic N) is 2. The highest BCUT2D eigenvalue weighted by Crippen LogP contribution is 2.19. The lowest BCUT2D eigenvalue weighted by molar-refractivity contribution is -0.137. The van der Waals surface area contributed by atoms with Crippen LogP contribution in [0.1, 0.15) is 43.3 Å². The molecule has 0 saturated carbocycles. The Kier molecular flexibility index (Phi) is 5.80. The highest BCUT2D eigenvalue weighted by Gasteiger charge is 2.19. The van der Waals surface area contributed by atoms with Crippen LogP contribution in [0.3, 0.4) is 0 Å². The van der Waals surface area contributed by atoms with E-state index in [-0.39, 0.29) is 30.5 Å². The molecule has 0 bridgehead atoms. The molecule has 1 amide bonds. The fraction of sp³-hybridized carbons (Fsp3) is 0.615. The van der Waals surface area contributed by atoms with E-state index >= 15 is 0 Å². The SMILES string of the molecule is Cc1nn(C(F)F)c(C)c1CC(=O)NC(C)CCC(=O)O. The number of aromatic nitrogens is 2. The maximum absolute atomic E-state index is 12.7. The number of amides is 1. The third-order valence-electron chi connectivity index (χ3n) is 3.20. The number of carboxylic acids is 1. The van der Waals surface area contributed by atoms with Crippen LogP contribution in [0.15, 0.2) is 0 Å². The van der Waals surface area contributed by atoms with E-state index in [1.54, 1.807) is 13.8 Å². The van der Waals surface area contributed by atoms with E-state index in [2.05, 4.69) is 10.4 Å². The highest BCUT2D eigenvalue weighted by atomic mass is 19.3. The number of rotatable bonds is 7. The van der Waals surface area contributed by atoms with E-state index < -0.39 is 12.5 Å². The average Bonchev–Trinajstić information content (AvgIpc) is 2.64. The minimum absolute atomic E-state index is 0.0389. The van der Waals surface area contributed by atoms with E-state index in [9.17, 15) is 18.4 Å². The Hall–Kier alpha value is -1.99. The number of aryl methyl sites for hydroxylation is 1. The van der Waals surface area contributed by atoms with Crippen molar-refractivity contribution < 1.29 is 23.5 Å². The predicted octanol–water partition coefficient (Wildman–Crippen LogP) is 1.81. The van der Waals surface area contributed by atoms with Crippen molar-refractivity contribution in [2.24, 2.45) is 0 Å². The van der Waals surface area contributed by atoms with Crippen molar-refractivity contribution in [1.29, 1.82) is 0 Å². The van der Waals surface area contributed by atoms with Crippen LogP contribution in [0.5, 0.6) is 0 Å². The Balaban J connectivity index is 2.65. The van der Waals surface area contributed by atoms with Gasteiger partial charge >= 0.3 is 12.5 Å². The van der Waals surface area contributed by atoms with E-state index in [4.69, 9.17) is 5.11 Å². The number of hydrogen-bond donors (Lipinski definition) is 2. The summed E-state index contributed by atoms with van der Waals surface area (Å²) in [5.41, 5.74) is 1.12. The standard InChI is InChI=1S/C13H19F2N3O3/c1-7(4-5-12(20)21)16-11(19)6-10-8(2)17-18(9(10)3)13(14)15/h7,13H,4-6H2,1-3H3,(H,16,19)(H,20,21). The molecule has 1 unspecified atom stereocenters. The molecular formula is C13H19F2N3O3. The maximum Gasteiger partial charge on any atom is 0.333 e. The van der Waals surface area contributed by atoms with E-state index in [1.165, 1.54) is 6.92 Å². The summed E-state index contributed by atoms with van der Waals surface area (Å²) in [5, 5.41) is 14.9. The summed E-state index contributed by atoms with van der Waals surface area (Å²) in [6.45, 7) is 2.02. The van der Waals surface area contributed by atoms with Crippen molar-refractivity contribution in [3.8, 4) is 0 Å². The van der Waals surface area contributed by atoms with Crippen molar-refractivity contribution in [1.82, 2.24) is 15.1 Å². The maximum atomic E-state index is 12.7. The number of hydrogen-bond acceptors (Lipinski definition) is 3. The van der Waals surface area contributed by atoms with E-state index in [0.717, 1.165) is 0 Å². The molecule has 0 saturated heterocycles. The molecule has 8 heteroatoms. The molecule has 21 heavy (non-hydrogen) atoms. The zero-order valence-electron chi connectivity index (χ0n) is 12.2. The van der Waals surface area contributed by atoms with Gasteiger partial charge in [0, 0.05) is 23.7 Å². The lowest BCUT2D eigenvalue weighted by Gasteiger charge is -2.13. The molecule has 1 aromatic heterocycles. The van der Waals surface area contributed by atoms with Gasteiger partial charge in [-0.1, -0.05) is 0 Å².